The topological polar surface area (TPSA) is 9.23 Å². The van der Waals surface area contributed by atoms with Crippen LogP contribution >= 0.6 is 0 Å². The molecule has 1 heteroatoms. The van der Waals surface area contributed by atoms with Gasteiger partial charge in [-0.25, -0.2) is 0 Å². The van der Waals surface area contributed by atoms with Crippen LogP contribution in [0.15, 0.2) is 0 Å². The lowest BCUT2D eigenvalue weighted by molar-refractivity contribution is 0.0209. The molecule has 0 saturated carbocycles. The molecule has 0 radical (unpaired) electrons. The lowest BCUT2D eigenvalue weighted by Gasteiger charge is -2.28. The molecule has 0 bridgehead atoms. The van der Waals surface area contributed by atoms with Gasteiger partial charge in [0.1, 0.15) is 0 Å². The maximum Gasteiger partial charge on any atom is 0.0494 e. The van der Waals surface area contributed by atoms with Crippen molar-refractivity contribution in [1.29, 1.82) is 0 Å². The van der Waals surface area contributed by atoms with Gasteiger partial charge in [0.15, 0.2) is 0 Å². The van der Waals surface area contributed by atoms with E-state index in [0.717, 1.165) is 25.0 Å². The summed E-state index contributed by atoms with van der Waals surface area (Å²) >= 11 is 0. The molecule has 2 atom stereocenters. The molecule has 0 spiro atoms. The van der Waals surface area contributed by atoms with Gasteiger partial charge in [0.25, 0.3) is 0 Å². The third-order valence-electron chi connectivity index (χ3n) is 2.75. The van der Waals surface area contributed by atoms with Gasteiger partial charge in [-0.1, -0.05) is 33.1 Å². The van der Waals surface area contributed by atoms with Crippen molar-refractivity contribution in [3.8, 4) is 0 Å². The summed E-state index contributed by atoms with van der Waals surface area (Å²) in [5.41, 5.74) is 0. The zero-order valence-electron chi connectivity index (χ0n) is 7.81. The number of unbranched alkanes of at least 4 members (excludes halogenated alkanes) is 1. The Balaban J connectivity index is 2.18. The van der Waals surface area contributed by atoms with Crippen molar-refractivity contribution in [2.24, 2.45) is 11.8 Å². The number of hydrogen-bond acceptors (Lipinski definition) is 1. The number of rotatable bonds is 3. The fraction of sp³-hybridized carbons (Fsp3) is 1.00. The zero-order valence-corrected chi connectivity index (χ0v) is 7.81. The monoisotopic (exact) mass is 156 g/mol. The molecule has 1 aliphatic rings. The van der Waals surface area contributed by atoms with Crippen molar-refractivity contribution in [1.82, 2.24) is 0 Å². The van der Waals surface area contributed by atoms with Crippen LogP contribution in [0, 0.1) is 11.8 Å². The van der Waals surface area contributed by atoms with Crippen LogP contribution in [-0.2, 0) is 4.74 Å². The van der Waals surface area contributed by atoms with Crippen LogP contribution in [0.2, 0.25) is 0 Å². The molecule has 1 aliphatic heterocycles. The second-order valence-corrected chi connectivity index (χ2v) is 3.74. The Kier molecular flexibility index (Phi) is 3.92. The highest BCUT2D eigenvalue weighted by atomic mass is 16.5. The average molecular weight is 156 g/mol. The summed E-state index contributed by atoms with van der Waals surface area (Å²) in [6.45, 7) is 6.58. The zero-order chi connectivity index (χ0) is 8.10. The predicted octanol–water partition coefficient (Wildman–Crippen LogP) is 2.85. The van der Waals surface area contributed by atoms with Crippen LogP contribution in [0.25, 0.3) is 0 Å². The maximum atomic E-state index is 5.39. The van der Waals surface area contributed by atoms with E-state index >= 15 is 0 Å². The third-order valence-corrected chi connectivity index (χ3v) is 2.75. The van der Waals surface area contributed by atoms with E-state index in [2.05, 4.69) is 13.8 Å². The molecule has 2 unspecified atom stereocenters. The lowest BCUT2D eigenvalue weighted by atomic mass is 9.86. The molecule has 11 heavy (non-hydrogen) atoms. The minimum atomic E-state index is 0.801. The van der Waals surface area contributed by atoms with Gasteiger partial charge in [0.2, 0.25) is 0 Å². The summed E-state index contributed by atoms with van der Waals surface area (Å²) in [5, 5.41) is 0. The van der Waals surface area contributed by atoms with Crippen LogP contribution < -0.4 is 0 Å². The molecule has 0 amide bonds. The summed E-state index contributed by atoms with van der Waals surface area (Å²) in [5.74, 6) is 1.75. The van der Waals surface area contributed by atoms with Gasteiger partial charge in [0, 0.05) is 13.2 Å². The van der Waals surface area contributed by atoms with E-state index in [1.165, 1.54) is 25.7 Å². The fourth-order valence-corrected chi connectivity index (χ4v) is 1.82. The van der Waals surface area contributed by atoms with E-state index < -0.39 is 0 Å². The summed E-state index contributed by atoms with van der Waals surface area (Å²) in [6.07, 6.45) is 5.45. The highest BCUT2D eigenvalue weighted by molar-refractivity contribution is 4.69. The van der Waals surface area contributed by atoms with Crippen molar-refractivity contribution in [2.75, 3.05) is 13.2 Å². The molecule has 0 aromatic carbocycles. The van der Waals surface area contributed by atoms with Crippen LogP contribution in [0.3, 0.4) is 0 Å². The Morgan fingerprint density at radius 3 is 2.91 bits per heavy atom. The highest BCUT2D eigenvalue weighted by Gasteiger charge is 2.20. The predicted molar refractivity (Wildman–Crippen MR) is 47.6 cm³/mol. The second-order valence-electron chi connectivity index (χ2n) is 3.74. The molecule has 1 saturated heterocycles. The van der Waals surface area contributed by atoms with E-state index in [1.807, 2.05) is 0 Å². The molecule has 1 fully saturated rings. The maximum absolute atomic E-state index is 5.39. The van der Waals surface area contributed by atoms with Crippen LogP contribution in [0.1, 0.15) is 39.5 Å². The van der Waals surface area contributed by atoms with E-state index in [4.69, 9.17) is 4.74 Å². The molecule has 0 aliphatic carbocycles. The Morgan fingerprint density at radius 2 is 2.27 bits per heavy atom. The minimum Gasteiger partial charge on any atom is -0.381 e. The molecular weight excluding hydrogens is 136 g/mol. The first kappa shape index (κ1) is 9.05. The summed E-state index contributed by atoms with van der Waals surface area (Å²) in [7, 11) is 0. The Hall–Kier alpha value is -0.0400. The fourth-order valence-electron chi connectivity index (χ4n) is 1.82. The van der Waals surface area contributed by atoms with E-state index in [0.29, 0.717) is 0 Å². The van der Waals surface area contributed by atoms with E-state index in [-0.39, 0.29) is 0 Å². The van der Waals surface area contributed by atoms with Crippen LogP contribution in [0.5, 0.6) is 0 Å². The average Bonchev–Trinajstić information content (AvgIpc) is 2.03. The van der Waals surface area contributed by atoms with Crippen molar-refractivity contribution in [3.63, 3.8) is 0 Å². The molecular formula is C10H20O. The quantitative estimate of drug-likeness (QED) is 0.610. The molecule has 1 nitrogen and oxygen atoms in total. The second kappa shape index (κ2) is 4.76. The Labute approximate surface area is 70.1 Å². The molecule has 1 rings (SSSR count). The van der Waals surface area contributed by atoms with E-state index in [9.17, 15) is 0 Å². The number of ether oxygens (including phenoxy) is 1. The largest absolute Gasteiger partial charge is 0.381 e. The molecule has 1 heterocycles. The van der Waals surface area contributed by atoms with Gasteiger partial charge in [-0.3, -0.25) is 0 Å². The third kappa shape index (κ3) is 2.82. The molecule has 66 valence electrons. The Bertz CT molecular complexity index is 101. The highest BCUT2D eigenvalue weighted by Crippen LogP contribution is 2.25. The molecule has 0 aromatic heterocycles. The summed E-state index contributed by atoms with van der Waals surface area (Å²) in [6, 6.07) is 0. The molecule has 0 N–H and O–H groups in total. The molecule has 0 aromatic rings. The summed E-state index contributed by atoms with van der Waals surface area (Å²) in [4.78, 5) is 0. The normalized spacial score (nSPS) is 32.2. The Morgan fingerprint density at radius 1 is 1.45 bits per heavy atom. The van der Waals surface area contributed by atoms with Gasteiger partial charge in [-0.05, 0) is 18.3 Å². The SMILES string of the molecule is CCCCC1CCOCC1C. The van der Waals surface area contributed by atoms with Crippen molar-refractivity contribution < 1.29 is 4.74 Å². The van der Waals surface area contributed by atoms with Gasteiger partial charge in [-0.15, -0.1) is 0 Å². The number of hydrogen-bond donors (Lipinski definition) is 0. The van der Waals surface area contributed by atoms with Gasteiger partial charge < -0.3 is 4.74 Å². The first-order valence-corrected chi connectivity index (χ1v) is 4.92. The van der Waals surface area contributed by atoms with Gasteiger partial charge >= 0.3 is 0 Å². The van der Waals surface area contributed by atoms with Gasteiger partial charge in [0.05, 0.1) is 0 Å². The summed E-state index contributed by atoms with van der Waals surface area (Å²) < 4.78 is 5.39. The standard InChI is InChI=1S/C10H20O/c1-3-4-5-10-6-7-11-8-9(10)2/h9-10H,3-8H2,1-2H3. The first-order valence-electron chi connectivity index (χ1n) is 4.92. The van der Waals surface area contributed by atoms with Crippen molar-refractivity contribution in [2.45, 2.75) is 39.5 Å². The van der Waals surface area contributed by atoms with Crippen molar-refractivity contribution in [3.05, 3.63) is 0 Å². The smallest absolute Gasteiger partial charge is 0.0494 e. The van der Waals surface area contributed by atoms with Crippen LogP contribution in [0.4, 0.5) is 0 Å². The van der Waals surface area contributed by atoms with Crippen LogP contribution in [-0.4, -0.2) is 13.2 Å². The van der Waals surface area contributed by atoms with Gasteiger partial charge in [-0.2, -0.15) is 0 Å². The lowest BCUT2D eigenvalue weighted by Crippen LogP contribution is -2.24. The van der Waals surface area contributed by atoms with E-state index in [1.54, 1.807) is 0 Å². The first-order chi connectivity index (χ1) is 5.34. The minimum absolute atomic E-state index is 0.801. The van der Waals surface area contributed by atoms with Crippen molar-refractivity contribution >= 4 is 0 Å².